The van der Waals surface area contributed by atoms with Crippen LogP contribution >= 0.6 is 0 Å². The molecule has 1 heterocycles. The van der Waals surface area contributed by atoms with Gasteiger partial charge in [-0.2, -0.15) is 0 Å². The number of nitrogens with zero attached hydrogens (tertiary/aromatic N) is 1. The summed E-state index contributed by atoms with van der Waals surface area (Å²) in [7, 11) is 0. The molecule has 82 valence electrons. The van der Waals surface area contributed by atoms with E-state index in [1.165, 1.54) is 25.1 Å². The number of nitrogens with two attached hydrogens (primary N) is 1. The Hall–Kier alpha value is -0.860. The van der Waals surface area contributed by atoms with Crippen LogP contribution in [0, 0.1) is 0 Å². The molecule has 2 heteroatoms. The molecule has 2 atom stereocenters. The first-order chi connectivity index (χ1) is 7.25. The fraction of sp³-hybridized carbons (Fsp3) is 0.538. The highest BCUT2D eigenvalue weighted by Gasteiger charge is 2.23. The molecule has 0 amide bonds. The summed E-state index contributed by atoms with van der Waals surface area (Å²) in [5.74, 6) is 0.713. The second-order valence-corrected chi connectivity index (χ2v) is 4.63. The normalized spacial score (nSPS) is 24.3. The topological polar surface area (TPSA) is 29.3 Å². The molecule has 1 fully saturated rings. The molecule has 0 saturated carbocycles. The molecule has 15 heavy (non-hydrogen) atoms. The van der Waals surface area contributed by atoms with E-state index in [4.69, 9.17) is 5.73 Å². The first kappa shape index (κ1) is 10.7. The average molecular weight is 204 g/mol. The monoisotopic (exact) mass is 204 g/mol. The minimum absolute atomic E-state index is 0.291. The summed E-state index contributed by atoms with van der Waals surface area (Å²) in [6.45, 7) is 5.48. The van der Waals surface area contributed by atoms with E-state index in [0.717, 1.165) is 6.54 Å². The van der Waals surface area contributed by atoms with Gasteiger partial charge in [-0.3, -0.25) is 0 Å². The predicted octanol–water partition coefficient (Wildman–Crippen LogP) is 1.82. The van der Waals surface area contributed by atoms with Gasteiger partial charge in [0.1, 0.15) is 0 Å². The maximum atomic E-state index is 5.81. The third kappa shape index (κ3) is 2.80. The fourth-order valence-corrected chi connectivity index (χ4v) is 2.40. The summed E-state index contributed by atoms with van der Waals surface area (Å²) < 4.78 is 0. The lowest BCUT2D eigenvalue weighted by atomic mass is 9.99. The third-order valence-electron chi connectivity index (χ3n) is 3.09. The van der Waals surface area contributed by atoms with E-state index in [0.29, 0.717) is 12.0 Å². The van der Waals surface area contributed by atoms with Crippen molar-refractivity contribution >= 4 is 0 Å². The van der Waals surface area contributed by atoms with E-state index in [-0.39, 0.29) is 0 Å². The number of rotatable bonds is 3. The van der Waals surface area contributed by atoms with E-state index in [9.17, 15) is 0 Å². The van der Waals surface area contributed by atoms with Crippen LogP contribution in [0.3, 0.4) is 0 Å². The van der Waals surface area contributed by atoms with Crippen molar-refractivity contribution in [3.8, 4) is 0 Å². The van der Waals surface area contributed by atoms with Crippen LogP contribution in [0.5, 0.6) is 0 Å². The van der Waals surface area contributed by atoms with Crippen molar-refractivity contribution in [1.29, 1.82) is 0 Å². The maximum Gasteiger partial charge on any atom is 0.0139 e. The Kier molecular flexibility index (Phi) is 3.39. The fourth-order valence-electron chi connectivity index (χ4n) is 2.40. The summed E-state index contributed by atoms with van der Waals surface area (Å²) in [6.07, 6.45) is 1.27. The van der Waals surface area contributed by atoms with E-state index in [2.05, 4.69) is 42.2 Å². The highest BCUT2D eigenvalue weighted by Crippen LogP contribution is 2.26. The Balaban J connectivity index is 1.93. The van der Waals surface area contributed by atoms with Gasteiger partial charge in [0.2, 0.25) is 0 Å². The van der Waals surface area contributed by atoms with Gasteiger partial charge in [0, 0.05) is 19.1 Å². The molecule has 1 aliphatic rings. The second-order valence-electron chi connectivity index (χ2n) is 4.63. The number of benzene rings is 1. The molecule has 2 N–H and O–H groups in total. The molecule has 0 aromatic heterocycles. The molecule has 0 radical (unpaired) electrons. The minimum Gasteiger partial charge on any atom is -0.327 e. The van der Waals surface area contributed by atoms with Crippen LogP contribution in [0.25, 0.3) is 0 Å². The predicted molar refractivity (Wildman–Crippen MR) is 63.9 cm³/mol. The van der Waals surface area contributed by atoms with Gasteiger partial charge >= 0.3 is 0 Å². The van der Waals surface area contributed by atoms with Crippen LogP contribution in [-0.4, -0.2) is 30.6 Å². The summed E-state index contributed by atoms with van der Waals surface area (Å²) in [4.78, 5) is 2.47. The molecule has 1 unspecified atom stereocenters. The summed E-state index contributed by atoms with van der Waals surface area (Å²) in [5.41, 5.74) is 7.29. The van der Waals surface area contributed by atoms with Crippen LogP contribution in [0.2, 0.25) is 0 Å². The first-order valence-corrected chi connectivity index (χ1v) is 5.78. The van der Waals surface area contributed by atoms with Gasteiger partial charge in [0.05, 0.1) is 0 Å². The number of hydrogen-bond acceptors (Lipinski definition) is 2. The minimum atomic E-state index is 0.291. The summed E-state index contributed by atoms with van der Waals surface area (Å²) >= 11 is 0. The number of likely N-dealkylation sites (tertiary alicyclic amines) is 1. The van der Waals surface area contributed by atoms with Crippen LogP contribution in [0.15, 0.2) is 30.3 Å². The largest absolute Gasteiger partial charge is 0.327 e. The van der Waals surface area contributed by atoms with Crippen molar-refractivity contribution in [3.05, 3.63) is 35.9 Å². The second kappa shape index (κ2) is 4.77. The van der Waals surface area contributed by atoms with E-state index < -0.39 is 0 Å². The molecule has 2 nitrogen and oxygen atoms in total. The summed E-state index contributed by atoms with van der Waals surface area (Å²) in [5, 5.41) is 0. The van der Waals surface area contributed by atoms with Crippen LogP contribution in [0.1, 0.15) is 24.8 Å². The zero-order chi connectivity index (χ0) is 10.7. The molecular formula is C13H20N2. The Morgan fingerprint density at radius 2 is 2.13 bits per heavy atom. The van der Waals surface area contributed by atoms with E-state index in [1.807, 2.05) is 0 Å². The van der Waals surface area contributed by atoms with E-state index >= 15 is 0 Å². The van der Waals surface area contributed by atoms with Gasteiger partial charge < -0.3 is 10.6 Å². The zero-order valence-electron chi connectivity index (χ0n) is 9.39. The SMILES string of the molecule is C[C@@H](N)CN1CCC(c2ccccc2)C1. The maximum absolute atomic E-state index is 5.81. The van der Waals surface area contributed by atoms with Crippen LogP contribution in [-0.2, 0) is 0 Å². The Bertz CT molecular complexity index is 295. The Labute approximate surface area is 92.1 Å². The van der Waals surface area contributed by atoms with Crippen molar-refractivity contribution in [2.75, 3.05) is 19.6 Å². The van der Waals surface area contributed by atoms with Crippen molar-refractivity contribution < 1.29 is 0 Å². The van der Waals surface area contributed by atoms with Gasteiger partial charge in [-0.15, -0.1) is 0 Å². The van der Waals surface area contributed by atoms with Crippen molar-refractivity contribution in [1.82, 2.24) is 4.90 Å². The van der Waals surface area contributed by atoms with Gasteiger partial charge in [0.15, 0.2) is 0 Å². The molecule has 1 aromatic carbocycles. The van der Waals surface area contributed by atoms with Gasteiger partial charge in [0.25, 0.3) is 0 Å². The highest BCUT2D eigenvalue weighted by molar-refractivity contribution is 5.20. The summed E-state index contributed by atoms with van der Waals surface area (Å²) in [6, 6.07) is 11.1. The van der Waals surface area contributed by atoms with Gasteiger partial charge in [-0.1, -0.05) is 30.3 Å². The smallest absolute Gasteiger partial charge is 0.0139 e. The Morgan fingerprint density at radius 1 is 1.40 bits per heavy atom. The lowest BCUT2D eigenvalue weighted by Crippen LogP contribution is -2.33. The molecule has 2 rings (SSSR count). The lowest BCUT2D eigenvalue weighted by Gasteiger charge is -2.18. The van der Waals surface area contributed by atoms with Crippen molar-refractivity contribution in [2.24, 2.45) is 5.73 Å². The molecule has 0 spiro atoms. The standard InChI is InChI=1S/C13H20N2/c1-11(14)9-15-8-7-13(10-15)12-5-3-2-4-6-12/h2-6,11,13H,7-10,14H2,1H3/t11-,13?/m1/s1. The number of hydrogen-bond donors (Lipinski definition) is 1. The van der Waals surface area contributed by atoms with Crippen molar-refractivity contribution in [2.45, 2.75) is 25.3 Å². The quantitative estimate of drug-likeness (QED) is 0.814. The molecule has 1 aliphatic heterocycles. The van der Waals surface area contributed by atoms with Crippen LogP contribution < -0.4 is 5.73 Å². The van der Waals surface area contributed by atoms with Crippen molar-refractivity contribution in [3.63, 3.8) is 0 Å². The molecule has 0 aliphatic carbocycles. The molecular weight excluding hydrogens is 184 g/mol. The molecule has 1 saturated heterocycles. The van der Waals surface area contributed by atoms with Gasteiger partial charge in [-0.05, 0) is 31.4 Å². The van der Waals surface area contributed by atoms with Crippen LogP contribution in [0.4, 0.5) is 0 Å². The third-order valence-corrected chi connectivity index (χ3v) is 3.09. The first-order valence-electron chi connectivity index (χ1n) is 5.78. The Morgan fingerprint density at radius 3 is 2.80 bits per heavy atom. The van der Waals surface area contributed by atoms with E-state index in [1.54, 1.807) is 0 Å². The lowest BCUT2D eigenvalue weighted by molar-refractivity contribution is 0.317. The highest BCUT2D eigenvalue weighted by atomic mass is 15.2. The van der Waals surface area contributed by atoms with Gasteiger partial charge in [-0.25, -0.2) is 0 Å². The average Bonchev–Trinajstić information content (AvgIpc) is 2.67. The zero-order valence-corrected chi connectivity index (χ0v) is 9.39. The molecule has 0 bridgehead atoms. The molecule has 1 aromatic rings.